The number of hydrogen-bond donors (Lipinski definition) is 0. The Labute approximate surface area is 132 Å². The van der Waals surface area contributed by atoms with Gasteiger partial charge in [-0.15, -0.1) is 0 Å². The van der Waals surface area contributed by atoms with Crippen LogP contribution in [0.25, 0.3) is 0 Å². The zero-order chi connectivity index (χ0) is 15.6. The first-order valence-corrected chi connectivity index (χ1v) is 7.22. The van der Waals surface area contributed by atoms with Gasteiger partial charge in [-0.3, -0.25) is 10.1 Å². The molecule has 106 valence electrons. The van der Waals surface area contributed by atoms with E-state index in [1.807, 2.05) is 6.07 Å². The number of rotatable bonds is 3. The van der Waals surface area contributed by atoms with Crippen molar-refractivity contribution in [1.29, 1.82) is 5.26 Å². The molecule has 2 aromatic rings. The number of nitrogens with zero attached hydrogens (tertiary/aromatic N) is 3. The first-order chi connectivity index (χ1) is 9.93. The topological polar surface area (TPSA) is 79.8 Å². The Bertz CT molecular complexity index is 777. The minimum Gasteiger partial charge on any atom is -0.258 e. The molecule has 0 aliphatic heterocycles. The van der Waals surface area contributed by atoms with Crippen LogP contribution < -0.4 is 0 Å². The van der Waals surface area contributed by atoms with Gasteiger partial charge in [0, 0.05) is 21.1 Å². The summed E-state index contributed by atoms with van der Waals surface area (Å²) >= 11 is 4.27. The van der Waals surface area contributed by atoms with Crippen LogP contribution in [0.2, 0.25) is 0 Å². The largest absolute Gasteiger partial charge is 0.276 e. The highest BCUT2D eigenvalue weighted by Crippen LogP contribution is 2.40. The monoisotopic (exact) mass is 367 g/mol. The lowest BCUT2D eigenvalue weighted by molar-refractivity contribution is -0.385. The van der Waals surface area contributed by atoms with E-state index in [9.17, 15) is 14.5 Å². The zero-order valence-electron chi connectivity index (χ0n) is 10.6. The average Bonchev–Trinajstić information content (AvgIpc) is 2.47. The third-order valence-electron chi connectivity index (χ3n) is 2.66. The molecule has 8 heteroatoms. The highest BCUT2D eigenvalue weighted by Gasteiger charge is 2.21. The fourth-order valence-corrected chi connectivity index (χ4v) is 3.19. The molecule has 0 radical (unpaired) electrons. The molecule has 0 N–H and O–H groups in total. The molecule has 21 heavy (non-hydrogen) atoms. The number of hydrogen-bond acceptors (Lipinski definition) is 5. The molecule has 5 nitrogen and oxygen atoms in total. The van der Waals surface area contributed by atoms with Crippen LogP contribution in [0.5, 0.6) is 0 Å². The van der Waals surface area contributed by atoms with E-state index in [-0.39, 0.29) is 16.3 Å². The van der Waals surface area contributed by atoms with Crippen LogP contribution in [0, 0.1) is 34.2 Å². The summed E-state index contributed by atoms with van der Waals surface area (Å²) in [5, 5.41) is 19.6. The Hall–Kier alpha value is -1.98. The molecule has 0 fully saturated rings. The van der Waals surface area contributed by atoms with Gasteiger partial charge < -0.3 is 0 Å². The first kappa shape index (κ1) is 15.4. The van der Waals surface area contributed by atoms with E-state index in [4.69, 9.17) is 5.26 Å². The summed E-state index contributed by atoms with van der Waals surface area (Å²) in [5.74, 6) is -0.695. The van der Waals surface area contributed by atoms with Gasteiger partial charge in [-0.2, -0.15) is 5.26 Å². The van der Waals surface area contributed by atoms with Crippen molar-refractivity contribution in [3.63, 3.8) is 0 Å². The lowest BCUT2D eigenvalue weighted by Gasteiger charge is -2.09. The molecule has 1 heterocycles. The van der Waals surface area contributed by atoms with Gasteiger partial charge in [0.05, 0.1) is 15.9 Å². The Balaban J connectivity index is 2.48. The summed E-state index contributed by atoms with van der Waals surface area (Å²) in [4.78, 5) is 14.9. The van der Waals surface area contributed by atoms with Crippen LogP contribution >= 0.6 is 27.7 Å². The molecular formula is C13H7BrFN3O2S. The number of nitro benzene ring substituents is 1. The summed E-state index contributed by atoms with van der Waals surface area (Å²) in [5.41, 5.74) is 0.282. The Kier molecular flexibility index (Phi) is 4.55. The minimum atomic E-state index is -0.695. The van der Waals surface area contributed by atoms with Crippen molar-refractivity contribution in [1.82, 2.24) is 4.98 Å². The standard InChI is InChI=1S/C13H7BrFN3O2S/c1-7-11(18(19)20)5-10(15)13(12(7)14)21-9-2-3-17-8(4-9)6-16/h2-5H,1H3. The number of pyridine rings is 1. The molecule has 0 atom stereocenters. The van der Waals surface area contributed by atoms with E-state index >= 15 is 0 Å². The summed E-state index contributed by atoms with van der Waals surface area (Å²) in [7, 11) is 0. The van der Waals surface area contributed by atoms with Gasteiger partial charge in [-0.1, -0.05) is 11.8 Å². The fraction of sp³-hybridized carbons (Fsp3) is 0.0769. The molecule has 0 aliphatic carbocycles. The minimum absolute atomic E-state index is 0.218. The van der Waals surface area contributed by atoms with Crippen molar-refractivity contribution < 1.29 is 9.31 Å². The van der Waals surface area contributed by atoms with Gasteiger partial charge in [0.25, 0.3) is 5.69 Å². The summed E-state index contributed by atoms with van der Waals surface area (Å²) in [6, 6.07) is 5.95. The molecule has 0 saturated heterocycles. The van der Waals surface area contributed by atoms with Crippen LogP contribution in [-0.2, 0) is 0 Å². The van der Waals surface area contributed by atoms with Crippen LogP contribution in [-0.4, -0.2) is 9.91 Å². The number of nitro groups is 1. The first-order valence-electron chi connectivity index (χ1n) is 5.61. The van der Waals surface area contributed by atoms with E-state index in [2.05, 4.69) is 20.9 Å². The quantitative estimate of drug-likeness (QED) is 0.599. The van der Waals surface area contributed by atoms with Crippen molar-refractivity contribution in [2.45, 2.75) is 16.7 Å². The molecule has 0 unspecified atom stereocenters. The predicted octanol–water partition coefficient (Wildman–Crippen LogP) is 4.22. The molecular weight excluding hydrogens is 361 g/mol. The number of aromatic nitrogens is 1. The lowest BCUT2D eigenvalue weighted by Crippen LogP contribution is -1.96. The number of benzene rings is 1. The van der Waals surface area contributed by atoms with E-state index in [0.29, 0.717) is 14.9 Å². The van der Waals surface area contributed by atoms with Gasteiger partial charge >= 0.3 is 0 Å². The van der Waals surface area contributed by atoms with E-state index < -0.39 is 10.7 Å². The van der Waals surface area contributed by atoms with E-state index in [0.717, 1.165) is 17.8 Å². The Morgan fingerprint density at radius 3 is 2.86 bits per heavy atom. The van der Waals surface area contributed by atoms with E-state index in [1.54, 1.807) is 13.0 Å². The maximum atomic E-state index is 14.1. The summed E-state index contributed by atoms with van der Waals surface area (Å²) < 4.78 is 14.4. The van der Waals surface area contributed by atoms with Crippen molar-refractivity contribution in [2.75, 3.05) is 0 Å². The highest BCUT2D eigenvalue weighted by molar-refractivity contribution is 9.10. The Morgan fingerprint density at radius 1 is 1.52 bits per heavy atom. The molecule has 2 rings (SSSR count). The second kappa shape index (κ2) is 6.20. The Morgan fingerprint density at radius 2 is 2.24 bits per heavy atom. The third-order valence-corrected chi connectivity index (χ3v) is 5.00. The average molecular weight is 368 g/mol. The highest BCUT2D eigenvalue weighted by atomic mass is 79.9. The molecule has 0 bridgehead atoms. The van der Waals surface area contributed by atoms with Gasteiger partial charge in [-0.25, -0.2) is 9.37 Å². The normalized spacial score (nSPS) is 10.2. The van der Waals surface area contributed by atoms with Crippen molar-refractivity contribution in [2.24, 2.45) is 0 Å². The number of halogens is 2. The third kappa shape index (κ3) is 3.20. The molecule has 1 aromatic heterocycles. The molecule has 0 saturated carbocycles. The van der Waals surface area contributed by atoms with Crippen molar-refractivity contribution in [3.8, 4) is 6.07 Å². The second-order valence-corrected chi connectivity index (χ2v) is 5.87. The van der Waals surface area contributed by atoms with Crippen LogP contribution in [0.3, 0.4) is 0 Å². The van der Waals surface area contributed by atoms with Gasteiger partial charge in [0.1, 0.15) is 17.6 Å². The maximum absolute atomic E-state index is 14.1. The SMILES string of the molecule is Cc1c([N+](=O)[O-])cc(F)c(Sc2ccnc(C#N)c2)c1Br. The fourth-order valence-electron chi connectivity index (χ4n) is 1.62. The summed E-state index contributed by atoms with van der Waals surface area (Å²) in [6.45, 7) is 1.54. The second-order valence-electron chi connectivity index (χ2n) is 3.99. The smallest absolute Gasteiger partial charge is 0.258 e. The van der Waals surface area contributed by atoms with Gasteiger partial charge in [0.2, 0.25) is 0 Å². The molecule has 0 aliphatic rings. The van der Waals surface area contributed by atoms with Gasteiger partial charge in [-0.05, 0) is 35.0 Å². The lowest BCUT2D eigenvalue weighted by atomic mass is 10.2. The van der Waals surface area contributed by atoms with Crippen LogP contribution in [0.15, 0.2) is 38.7 Å². The predicted molar refractivity (Wildman–Crippen MR) is 78.6 cm³/mol. The van der Waals surface area contributed by atoms with Crippen LogP contribution in [0.4, 0.5) is 10.1 Å². The molecule has 0 spiro atoms. The van der Waals surface area contributed by atoms with Crippen molar-refractivity contribution >= 4 is 33.4 Å². The molecule has 0 amide bonds. The van der Waals surface area contributed by atoms with Gasteiger partial charge in [0.15, 0.2) is 0 Å². The number of nitriles is 1. The van der Waals surface area contributed by atoms with E-state index in [1.165, 1.54) is 12.3 Å². The summed E-state index contributed by atoms with van der Waals surface area (Å²) in [6.07, 6.45) is 1.45. The molecule has 1 aromatic carbocycles. The zero-order valence-corrected chi connectivity index (χ0v) is 13.0. The maximum Gasteiger partial charge on any atom is 0.276 e. The van der Waals surface area contributed by atoms with Crippen molar-refractivity contribution in [3.05, 3.63) is 56.1 Å². The van der Waals surface area contributed by atoms with Crippen LogP contribution in [0.1, 0.15) is 11.3 Å².